The molecule has 11 heteroatoms. The molecule has 1 aromatic carbocycles. The molecular weight excluding hydrogens is 367 g/mol. The third-order valence-electron chi connectivity index (χ3n) is 3.33. The van der Waals surface area contributed by atoms with Crippen molar-refractivity contribution in [3.8, 4) is 0 Å². The van der Waals surface area contributed by atoms with Gasteiger partial charge in [0.05, 0.1) is 18.8 Å². The average molecular weight is 380 g/mol. The first-order chi connectivity index (χ1) is 11.5. The summed E-state index contributed by atoms with van der Waals surface area (Å²) >= 11 is 0. The number of sulfonamides is 1. The lowest BCUT2D eigenvalue weighted by Crippen LogP contribution is -2.44. The molecule has 0 N–H and O–H groups in total. The van der Waals surface area contributed by atoms with Crippen molar-refractivity contribution in [3.05, 3.63) is 35.4 Å². The Labute approximate surface area is 141 Å². The summed E-state index contributed by atoms with van der Waals surface area (Å²) in [6, 6.07) is 4.72. The Hall–Kier alpha value is -2.14. The van der Waals surface area contributed by atoms with Crippen molar-refractivity contribution in [2.75, 3.05) is 19.8 Å². The second-order valence-electron chi connectivity index (χ2n) is 5.74. The van der Waals surface area contributed by atoms with Gasteiger partial charge >= 0.3 is 21.5 Å². The van der Waals surface area contributed by atoms with Gasteiger partial charge in [-0.2, -0.15) is 26.0 Å². The molecule has 138 valence electrons. The van der Waals surface area contributed by atoms with Gasteiger partial charge in [-0.1, -0.05) is 25.1 Å². The Balaban J connectivity index is 2.26. The first-order valence-electron chi connectivity index (χ1n) is 6.88. The molecule has 2 rings (SSSR count). The Morgan fingerprint density at radius 3 is 2.36 bits per heavy atom. The van der Waals surface area contributed by atoms with E-state index < -0.39 is 33.0 Å². The highest BCUT2D eigenvalue weighted by molar-refractivity contribution is 7.91. The number of halogens is 3. The van der Waals surface area contributed by atoms with Crippen LogP contribution in [0.1, 0.15) is 22.8 Å². The number of esters is 1. The molecule has 0 unspecified atom stereocenters. The summed E-state index contributed by atoms with van der Waals surface area (Å²) in [5.41, 5.74) is -7.07. The Kier molecular flexibility index (Phi) is 5.09. The summed E-state index contributed by atoms with van der Waals surface area (Å²) in [4.78, 5) is 12.1. The topological polar surface area (TPSA) is 105 Å². The largest absolute Gasteiger partial charge is 0.858 e. The van der Waals surface area contributed by atoms with Crippen LogP contribution in [0, 0.1) is 5.41 Å². The van der Waals surface area contributed by atoms with Gasteiger partial charge in [-0.05, 0) is 6.07 Å². The average Bonchev–Trinajstić information content (AvgIpc) is 2.49. The monoisotopic (exact) mass is 380 g/mol. The Morgan fingerprint density at radius 2 is 1.88 bits per heavy atom. The fraction of sp³-hybridized carbons (Fsp3) is 0.429. The van der Waals surface area contributed by atoms with E-state index in [1.807, 2.05) is 0 Å². The quantitative estimate of drug-likeness (QED) is 0.426. The van der Waals surface area contributed by atoms with Gasteiger partial charge in [-0.15, -0.1) is 0 Å². The molecule has 0 amide bonds. The summed E-state index contributed by atoms with van der Waals surface area (Å²) in [6.07, 6.45) is 0. The van der Waals surface area contributed by atoms with Crippen LogP contribution in [0.15, 0.2) is 28.7 Å². The lowest BCUT2D eigenvalue weighted by Gasteiger charge is -2.37. The normalized spacial score (nSPS) is 17.7. The van der Waals surface area contributed by atoms with E-state index in [1.54, 1.807) is 6.92 Å². The number of hydrogen-bond donors (Lipinski definition) is 0. The molecule has 0 bridgehead atoms. The number of carbonyl (C=O) groups is 1. The smallest absolute Gasteiger partial charge is 0.518 e. The van der Waals surface area contributed by atoms with E-state index in [4.69, 9.17) is 9.47 Å². The lowest BCUT2D eigenvalue weighted by molar-refractivity contribution is -0.212. The van der Waals surface area contributed by atoms with E-state index in [0.29, 0.717) is 13.2 Å². The van der Waals surface area contributed by atoms with E-state index in [0.717, 1.165) is 12.1 Å². The van der Waals surface area contributed by atoms with Crippen molar-refractivity contribution < 1.29 is 41.0 Å². The van der Waals surface area contributed by atoms with Gasteiger partial charge in [0, 0.05) is 16.9 Å². The summed E-state index contributed by atoms with van der Waals surface area (Å²) in [7, 11) is -6.01. The van der Waals surface area contributed by atoms with E-state index in [9.17, 15) is 31.5 Å². The van der Waals surface area contributed by atoms with Gasteiger partial charge in [0.15, 0.2) is 0 Å². The molecule has 25 heavy (non-hydrogen) atoms. The van der Waals surface area contributed by atoms with Gasteiger partial charge in [0.25, 0.3) is 0 Å². The summed E-state index contributed by atoms with van der Waals surface area (Å²) in [5.74, 6) is -2.68. The van der Waals surface area contributed by atoms with Gasteiger partial charge in [0.2, 0.25) is 0 Å². The maximum atomic E-state index is 12.3. The van der Waals surface area contributed by atoms with E-state index >= 15 is 0 Å². The van der Waals surface area contributed by atoms with Crippen LogP contribution in [-0.4, -0.2) is 45.6 Å². The molecule has 1 fully saturated rings. The molecule has 0 aliphatic carbocycles. The number of alkyl halides is 3. The molecule has 0 atom stereocenters. The third-order valence-corrected chi connectivity index (χ3v) is 4.32. The van der Waals surface area contributed by atoms with E-state index in [2.05, 4.69) is 4.40 Å². The highest BCUT2D eigenvalue weighted by Crippen LogP contribution is 2.27. The molecule has 1 aromatic rings. The maximum Gasteiger partial charge on any atom is 0.518 e. The summed E-state index contributed by atoms with van der Waals surface area (Å²) in [5, 5.41) is 11.8. The van der Waals surface area contributed by atoms with Crippen LogP contribution in [0.3, 0.4) is 0 Å². The third kappa shape index (κ3) is 4.28. The fourth-order valence-electron chi connectivity index (χ4n) is 1.91. The van der Waals surface area contributed by atoms with Gasteiger partial charge in [-0.3, -0.25) is 0 Å². The zero-order valence-electron chi connectivity index (χ0n) is 12.9. The Bertz CT molecular complexity index is 799. The number of nitrogens with zero attached hydrogens (tertiary/aromatic N) is 1. The minimum atomic E-state index is -6.01. The van der Waals surface area contributed by atoms with Crippen LogP contribution in [0.4, 0.5) is 13.2 Å². The number of ether oxygens (including phenoxy) is 2. The van der Waals surface area contributed by atoms with Crippen LogP contribution < -0.4 is 5.11 Å². The molecule has 0 saturated carbocycles. The number of hydrogen-bond acceptors (Lipinski definition) is 6. The van der Waals surface area contributed by atoms with E-state index in [1.165, 1.54) is 12.1 Å². The van der Waals surface area contributed by atoms with Crippen molar-refractivity contribution in [3.63, 3.8) is 0 Å². The predicted molar refractivity (Wildman–Crippen MR) is 77.2 cm³/mol. The predicted octanol–water partition coefficient (Wildman–Crippen LogP) is 0.836. The number of rotatable bonds is 5. The molecule has 0 spiro atoms. The molecule has 1 heterocycles. The second-order valence-corrected chi connectivity index (χ2v) is 7.34. The standard InChI is InChI=1S/C14H14F3NO6S/c1-13(6-23-7-13)8-24-12(20)10-5-3-2-4-9(10)11(19)18-25(21,22)14(15,16)17/h2-5H,6-8H2,1H3,(H,18,19)/p-1. The van der Waals surface area contributed by atoms with Crippen LogP contribution in [-0.2, 0) is 19.5 Å². The van der Waals surface area contributed by atoms with Gasteiger partial charge in [-0.25, -0.2) is 4.79 Å². The first kappa shape index (κ1) is 19.2. The highest BCUT2D eigenvalue weighted by Gasteiger charge is 2.45. The van der Waals surface area contributed by atoms with Crippen LogP contribution in [0.25, 0.3) is 0 Å². The molecular formula is C14H13F3NO6S-. The zero-order chi connectivity index (χ0) is 18.9. The van der Waals surface area contributed by atoms with Crippen LogP contribution in [0.5, 0.6) is 0 Å². The zero-order valence-corrected chi connectivity index (χ0v) is 13.7. The van der Waals surface area contributed by atoms with Crippen molar-refractivity contribution in [2.45, 2.75) is 12.4 Å². The second kappa shape index (κ2) is 6.64. The molecule has 1 saturated heterocycles. The minimum Gasteiger partial charge on any atom is -0.858 e. The minimum absolute atomic E-state index is 0.0215. The molecule has 7 nitrogen and oxygen atoms in total. The van der Waals surface area contributed by atoms with Crippen LogP contribution >= 0.6 is 0 Å². The van der Waals surface area contributed by atoms with E-state index in [-0.39, 0.29) is 17.6 Å². The molecule has 0 aromatic heterocycles. The molecule has 0 radical (unpaired) electrons. The number of carbonyl (C=O) groups excluding carboxylic acids is 1. The SMILES string of the molecule is CC1(COC(=O)c2ccccc2/C([O-])=N/S(=O)(=O)C(F)(F)F)COC1. The van der Waals surface area contributed by atoms with Crippen LogP contribution in [0.2, 0.25) is 0 Å². The lowest BCUT2D eigenvalue weighted by atomic mass is 9.90. The number of benzene rings is 1. The highest BCUT2D eigenvalue weighted by atomic mass is 32.2. The van der Waals surface area contributed by atoms with Crippen molar-refractivity contribution in [1.29, 1.82) is 0 Å². The summed E-state index contributed by atoms with van der Waals surface area (Å²) in [6.45, 7) is 2.53. The van der Waals surface area contributed by atoms with Gasteiger partial charge < -0.3 is 14.6 Å². The van der Waals surface area contributed by atoms with Crippen molar-refractivity contribution in [1.82, 2.24) is 0 Å². The summed E-state index contributed by atoms with van der Waals surface area (Å²) < 4.78 is 71.2. The Morgan fingerprint density at radius 1 is 1.32 bits per heavy atom. The van der Waals surface area contributed by atoms with Gasteiger partial charge in [0.1, 0.15) is 6.61 Å². The van der Waals surface area contributed by atoms with Crippen molar-refractivity contribution in [2.24, 2.45) is 9.81 Å². The maximum absolute atomic E-state index is 12.3. The first-order valence-corrected chi connectivity index (χ1v) is 8.32. The molecule has 1 aliphatic rings. The fourth-order valence-corrected chi connectivity index (χ4v) is 2.33. The molecule has 1 aliphatic heterocycles. The van der Waals surface area contributed by atoms with Crippen molar-refractivity contribution >= 4 is 21.9 Å².